The minimum Gasteiger partial charge on any atom is -0.0616 e. The molecule has 0 atom stereocenters. The fraction of sp³-hybridized carbons (Fsp3) is 0. The van der Waals surface area contributed by atoms with Crippen LogP contribution in [0.2, 0.25) is 0 Å². The molecule has 0 nitrogen and oxygen atoms in total. The highest BCUT2D eigenvalue weighted by atomic mass is 14.2. The Morgan fingerprint density at radius 2 is 0.646 bits per heavy atom. The molecule has 0 aliphatic carbocycles. The average Bonchev–Trinajstić information content (AvgIpc) is 3.16. The molecule has 11 aromatic carbocycles. The van der Waals surface area contributed by atoms with Crippen LogP contribution in [0.3, 0.4) is 0 Å². The van der Waals surface area contributed by atoms with Gasteiger partial charge < -0.3 is 0 Å². The molecule has 0 spiro atoms. The van der Waals surface area contributed by atoms with Crippen LogP contribution < -0.4 is 0 Å². The molecule has 0 aliphatic heterocycles. The van der Waals surface area contributed by atoms with E-state index in [-0.39, 0.29) is 0 Å². The van der Waals surface area contributed by atoms with E-state index in [4.69, 9.17) is 0 Å². The largest absolute Gasteiger partial charge is 0.0616 e. The summed E-state index contributed by atoms with van der Waals surface area (Å²) in [5.74, 6) is 0. The van der Waals surface area contributed by atoms with Crippen molar-refractivity contribution in [2.75, 3.05) is 0 Å². The molecular weight excluding hydrogens is 577 g/mol. The predicted molar refractivity (Wildman–Crippen MR) is 209 cm³/mol. The summed E-state index contributed by atoms with van der Waals surface area (Å²) in [4.78, 5) is 0. The maximum Gasteiger partial charge on any atom is -0.00201 e. The van der Waals surface area contributed by atoms with Crippen molar-refractivity contribution in [2.24, 2.45) is 0 Å². The summed E-state index contributed by atoms with van der Waals surface area (Å²) >= 11 is 0. The molecule has 0 unspecified atom stereocenters. The highest BCUT2D eigenvalue weighted by Crippen LogP contribution is 2.48. The average molecular weight is 605 g/mol. The minimum absolute atomic E-state index is 1.25. The number of benzene rings is 11. The number of fused-ring (bicyclic) bond motifs is 8. The van der Waals surface area contributed by atoms with Crippen LogP contribution in [0.4, 0.5) is 0 Å². The molecule has 48 heavy (non-hydrogen) atoms. The van der Waals surface area contributed by atoms with E-state index in [0.717, 1.165) is 0 Å². The smallest absolute Gasteiger partial charge is 0.00201 e. The first-order valence-electron chi connectivity index (χ1n) is 16.8. The van der Waals surface area contributed by atoms with E-state index in [1.807, 2.05) is 0 Å². The quantitative estimate of drug-likeness (QED) is 0.136. The number of hydrogen-bond acceptors (Lipinski definition) is 0. The summed E-state index contributed by atoms with van der Waals surface area (Å²) in [5.41, 5.74) is 5.13. The second kappa shape index (κ2) is 9.64. The standard InChI is InChI=1S/C48H28/c1-2-14-35-33(12-1)34-13-3-4-15-36(34)44-28-32(24-25-37(35)44)46-38-16-5-7-18-40(38)48(41-19-8-6-17-39(41)46)43-27-23-31-21-20-29-10-9-11-30-22-26-42(43)47(31)45(29)30/h1-28H. The van der Waals surface area contributed by atoms with Gasteiger partial charge in [-0.05, 0) is 114 Å². The van der Waals surface area contributed by atoms with Gasteiger partial charge in [-0.2, -0.15) is 0 Å². The molecule has 220 valence electrons. The van der Waals surface area contributed by atoms with Gasteiger partial charge in [0.1, 0.15) is 0 Å². The molecule has 0 bridgehead atoms. The van der Waals surface area contributed by atoms with Gasteiger partial charge in [-0.1, -0.05) is 164 Å². The van der Waals surface area contributed by atoms with Crippen LogP contribution in [0.25, 0.3) is 108 Å². The van der Waals surface area contributed by atoms with Crippen LogP contribution in [0.15, 0.2) is 170 Å². The molecule has 11 rings (SSSR count). The van der Waals surface area contributed by atoms with Gasteiger partial charge >= 0.3 is 0 Å². The molecule has 0 heteroatoms. The van der Waals surface area contributed by atoms with E-state index in [2.05, 4.69) is 170 Å². The topological polar surface area (TPSA) is 0 Å². The van der Waals surface area contributed by atoms with Gasteiger partial charge in [0, 0.05) is 0 Å². The van der Waals surface area contributed by atoms with Crippen molar-refractivity contribution >= 4 is 86.2 Å². The molecule has 0 N–H and O–H groups in total. The third-order valence-electron chi connectivity index (χ3n) is 10.8. The molecule has 0 heterocycles. The van der Waals surface area contributed by atoms with Crippen molar-refractivity contribution in [1.82, 2.24) is 0 Å². The van der Waals surface area contributed by atoms with Crippen LogP contribution >= 0.6 is 0 Å². The molecule has 0 aromatic heterocycles. The fourth-order valence-corrected chi connectivity index (χ4v) is 8.75. The lowest BCUT2D eigenvalue weighted by molar-refractivity contribution is 1.70. The van der Waals surface area contributed by atoms with Gasteiger partial charge in [-0.15, -0.1) is 0 Å². The number of hydrogen-bond donors (Lipinski definition) is 0. The third kappa shape index (κ3) is 3.44. The summed E-state index contributed by atoms with van der Waals surface area (Å²) in [6, 6.07) is 63.4. The van der Waals surface area contributed by atoms with Crippen molar-refractivity contribution in [2.45, 2.75) is 0 Å². The zero-order chi connectivity index (χ0) is 31.3. The molecule has 0 saturated carbocycles. The van der Waals surface area contributed by atoms with Crippen molar-refractivity contribution in [3.63, 3.8) is 0 Å². The number of rotatable bonds is 2. The molecule has 0 radical (unpaired) electrons. The molecule has 0 fully saturated rings. The minimum atomic E-state index is 1.25. The highest BCUT2D eigenvalue weighted by molar-refractivity contribution is 6.30. The van der Waals surface area contributed by atoms with E-state index >= 15 is 0 Å². The Morgan fingerprint density at radius 1 is 0.229 bits per heavy atom. The Bertz CT molecular complexity index is 3000. The Balaban J connectivity index is 1.26. The Labute approximate surface area is 277 Å². The zero-order valence-corrected chi connectivity index (χ0v) is 26.2. The first-order chi connectivity index (χ1) is 23.8. The van der Waals surface area contributed by atoms with Crippen molar-refractivity contribution < 1.29 is 0 Å². The Morgan fingerprint density at radius 3 is 1.23 bits per heavy atom. The lowest BCUT2D eigenvalue weighted by Gasteiger charge is -2.20. The maximum absolute atomic E-state index is 2.44. The van der Waals surface area contributed by atoms with Gasteiger partial charge in [0.05, 0.1) is 0 Å². The fourth-order valence-electron chi connectivity index (χ4n) is 8.75. The summed E-state index contributed by atoms with van der Waals surface area (Å²) in [6.45, 7) is 0. The SMILES string of the molecule is c1cc2ccc3ccc(-c4c5ccccc5c(-c5ccc6c7ccccc7c7ccccc7c6c5)c5ccccc45)c4ccc(c1)c2c34. The van der Waals surface area contributed by atoms with Gasteiger partial charge in [0.2, 0.25) is 0 Å². The van der Waals surface area contributed by atoms with Crippen LogP contribution in [-0.2, 0) is 0 Å². The van der Waals surface area contributed by atoms with E-state index in [1.165, 1.54) is 108 Å². The lowest BCUT2D eigenvalue weighted by atomic mass is 9.83. The first-order valence-corrected chi connectivity index (χ1v) is 16.8. The van der Waals surface area contributed by atoms with Crippen molar-refractivity contribution in [3.05, 3.63) is 170 Å². The zero-order valence-electron chi connectivity index (χ0n) is 26.2. The summed E-state index contributed by atoms with van der Waals surface area (Å²) < 4.78 is 0. The Hall–Kier alpha value is -6.24. The van der Waals surface area contributed by atoms with Crippen LogP contribution in [0, 0.1) is 0 Å². The molecular formula is C48H28. The summed E-state index contributed by atoms with van der Waals surface area (Å²) in [7, 11) is 0. The monoisotopic (exact) mass is 604 g/mol. The molecule has 11 aromatic rings. The molecule has 0 aliphatic rings. The molecule has 0 amide bonds. The van der Waals surface area contributed by atoms with Crippen LogP contribution in [0.5, 0.6) is 0 Å². The van der Waals surface area contributed by atoms with Gasteiger partial charge in [0.25, 0.3) is 0 Å². The summed E-state index contributed by atoms with van der Waals surface area (Å²) in [6.07, 6.45) is 0. The third-order valence-corrected chi connectivity index (χ3v) is 10.8. The second-order valence-electron chi connectivity index (χ2n) is 13.2. The molecule has 0 saturated heterocycles. The van der Waals surface area contributed by atoms with Gasteiger partial charge in [-0.25, -0.2) is 0 Å². The lowest BCUT2D eigenvalue weighted by Crippen LogP contribution is -1.93. The van der Waals surface area contributed by atoms with Gasteiger partial charge in [0.15, 0.2) is 0 Å². The second-order valence-corrected chi connectivity index (χ2v) is 13.2. The van der Waals surface area contributed by atoms with E-state index in [9.17, 15) is 0 Å². The van der Waals surface area contributed by atoms with Crippen LogP contribution in [-0.4, -0.2) is 0 Å². The van der Waals surface area contributed by atoms with Crippen LogP contribution in [0.1, 0.15) is 0 Å². The highest BCUT2D eigenvalue weighted by Gasteiger charge is 2.20. The van der Waals surface area contributed by atoms with Gasteiger partial charge in [-0.3, -0.25) is 0 Å². The first kappa shape index (κ1) is 25.9. The van der Waals surface area contributed by atoms with E-state index in [1.54, 1.807) is 0 Å². The normalized spacial score (nSPS) is 12.2. The van der Waals surface area contributed by atoms with E-state index < -0.39 is 0 Å². The maximum atomic E-state index is 2.44. The van der Waals surface area contributed by atoms with Crippen molar-refractivity contribution in [1.29, 1.82) is 0 Å². The predicted octanol–water partition coefficient (Wildman–Crippen LogP) is 13.7. The summed E-state index contributed by atoms with van der Waals surface area (Å²) in [5, 5.41) is 20.8. The van der Waals surface area contributed by atoms with E-state index in [0.29, 0.717) is 0 Å². The Kier molecular flexibility index (Phi) is 5.20. The van der Waals surface area contributed by atoms with Crippen molar-refractivity contribution in [3.8, 4) is 22.3 Å².